The van der Waals surface area contributed by atoms with Crippen LogP contribution in [0, 0.1) is 5.92 Å². The van der Waals surface area contributed by atoms with Gasteiger partial charge in [-0.1, -0.05) is 0 Å². The number of hydrogen-bond donors (Lipinski definition) is 0. The van der Waals surface area contributed by atoms with Gasteiger partial charge < -0.3 is 0 Å². The molecule has 1 fully saturated rings. The molecule has 0 aromatic rings. The Morgan fingerprint density at radius 1 is 1.43 bits per heavy atom. The Hall–Kier alpha value is 0.250. The van der Waals surface area contributed by atoms with Crippen LogP contribution in [0.3, 0.4) is 0 Å². The molecule has 4 heteroatoms. The van der Waals surface area contributed by atoms with E-state index < -0.39 is 6.03 Å². The van der Waals surface area contributed by atoms with Crippen molar-refractivity contribution in [2.45, 2.75) is 27.7 Å². The van der Waals surface area contributed by atoms with E-state index in [2.05, 4.69) is 20.8 Å². The molecule has 2 nitrogen and oxygen atoms in total. The van der Waals surface area contributed by atoms with E-state index in [4.69, 9.17) is 4.52 Å². The molecule has 0 aliphatic carbocycles. The van der Waals surface area contributed by atoms with Gasteiger partial charge in [-0.25, -0.2) is 0 Å². The summed E-state index contributed by atoms with van der Waals surface area (Å²) in [4.78, 5) is 11.6. The third-order valence-electron chi connectivity index (χ3n) is 3.27. The third-order valence-corrected chi connectivity index (χ3v) is 14.0. The number of carbonyl (C=O) groups is 1. The van der Waals surface area contributed by atoms with Crippen LogP contribution in [0.4, 0.5) is 0 Å². The van der Waals surface area contributed by atoms with E-state index >= 15 is 0 Å². The number of rotatable bonds is 4. The fraction of sp³-hybridized carbons (Fsp3) is 0.900. The third kappa shape index (κ3) is 1.81. The van der Waals surface area contributed by atoms with Crippen LogP contribution in [0.2, 0.25) is 0 Å². The molecule has 0 saturated carbocycles. The van der Waals surface area contributed by atoms with Gasteiger partial charge in [0, 0.05) is 0 Å². The molecule has 1 atom stereocenters. The second-order valence-electron chi connectivity index (χ2n) is 4.06. The van der Waals surface area contributed by atoms with Gasteiger partial charge in [0.25, 0.3) is 0 Å². The summed E-state index contributed by atoms with van der Waals surface area (Å²) in [6.45, 7) is 8.50. The van der Waals surface area contributed by atoms with Crippen molar-refractivity contribution in [3.05, 3.63) is 0 Å². The Labute approximate surface area is 90.9 Å². The summed E-state index contributed by atoms with van der Waals surface area (Å²) >= 11 is 1.93. The minimum atomic E-state index is -2.16. The Kier molecular flexibility index (Phi) is 3.53. The zero-order valence-electron chi connectivity index (χ0n) is 9.58. The monoisotopic (exact) mass is 236 g/mol. The van der Waals surface area contributed by atoms with E-state index in [9.17, 15) is 4.79 Å². The summed E-state index contributed by atoms with van der Waals surface area (Å²) in [7, 11) is 0. The summed E-state index contributed by atoms with van der Waals surface area (Å²) in [5, 5.41) is 0. The van der Waals surface area contributed by atoms with Gasteiger partial charge in [-0.05, 0) is 0 Å². The van der Waals surface area contributed by atoms with Crippen LogP contribution < -0.4 is 0 Å². The van der Waals surface area contributed by atoms with Gasteiger partial charge in [0.1, 0.15) is 0 Å². The van der Waals surface area contributed by atoms with E-state index in [0.29, 0.717) is 0 Å². The zero-order chi connectivity index (χ0) is 10.8. The molecule has 0 aromatic carbocycles. The van der Waals surface area contributed by atoms with Gasteiger partial charge in [0.2, 0.25) is 0 Å². The van der Waals surface area contributed by atoms with Crippen LogP contribution in [-0.2, 0) is 9.32 Å². The molecule has 0 amide bonds. The molecule has 14 heavy (non-hydrogen) atoms. The Morgan fingerprint density at radius 2 is 2.00 bits per heavy atom. The van der Waals surface area contributed by atoms with Crippen molar-refractivity contribution >= 4 is 23.4 Å². The second kappa shape index (κ2) is 4.02. The van der Waals surface area contributed by atoms with E-state index in [1.54, 1.807) is 0 Å². The maximum absolute atomic E-state index is 11.6. The van der Waals surface area contributed by atoms with Crippen molar-refractivity contribution in [1.29, 1.82) is 0 Å². The summed E-state index contributed by atoms with van der Waals surface area (Å²) in [6.07, 6.45) is 3.07. The van der Waals surface area contributed by atoms with Gasteiger partial charge in [-0.3, -0.25) is 0 Å². The topological polar surface area (TPSA) is 26.3 Å². The minimum absolute atomic E-state index is 0.0346. The van der Waals surface area contributed by atoms with E-state index in [1.165, 1.54) is 0 Å². The standard InChI is InChI=1S/C10H21O2PS/c1-5-13(6-2,14-7-3)8-9(4)10(11)12-13/h9H,5-8H2,1-4H3. The number of hydrogen-bond acceptors (Lipinski definition) is 3. The molecule has 0 N–H and O–H groups in total. The molecule has 84 valence electrons. The zero-order valence-corrected chi connectivity index (χ0v) is 11.3. The van der Waals surface area contributed by atoms with Crippen LogP contribution in [0.1, 0.15) is 27.7 Å². The van der Waals surface area contributed by atoms with Crippen molar-refractivity contribution in [3.8, 4) is 0 Å². The second-order valence-corrected chi connectivity index (χ2v) is 13.3. The quantitative estimate of drug-likeness (QED) is 0.700. The fourth-order valence-electron chi connectivity index (χ4n) is 2.24. The van der Waals surface area contributed by atoms with E-state index in [1.807, 2.05) is 18.3 Å². The molecule has 1 rings (SSSR count). The van der Waals surface area contributed by atoms with Gasteiger partial charge >= 0.3 is 90.6 Å². The first-order chi connectivity index (χ1) is 6.51. The average Bonchev–Trinajstić information content (AvgIpc) is 2.42. The van der Waals surface area contributed by atoms with Gasteiger partial charge in [-0.2, -0.15) is 0 Å². The molecular formula is C10H21O2PS. The van der Waals surface area contributed by atoms with E-state index in [0.717, 1.165) is 24.2 Å². The number of carbonyl (C=O) groups excluding carboxylic acids is 1. The van der Waals surface area contributed by atoms with Gasteiger partial charge in [0.15, 0.2) is 0 Å². The van der Waals surface area contributed by atoms with Crippen molar-refractivity contribution in [3.63, 3.8) is 0 Å². The molecule has 0 radical (unpaired) electrons. The predicted octanol–water partition coefficient (Wildman–Crippen LogP) is 3.36. The normalized spacial score (nSPS) is 31.9. The first kappa shape index (κ1) is 12.3. The van der Waals surface area contributed by atoms with Crippen LogP contribution in [-0.4, -0.2) is 30.2 Å². The maximum atomic E-state index is 11.6. The molecule has 0 bridgehead atoms. The fourth-order valence-corrected chi connectivity index (χ4v) is 11.1. The first-order valence-electron chi connectivity index (χ1n) is 5.41. The van der Waals surface area contributed by atoms with Crippen LogP contribution in [0.25, 0.3) is 0 Å². The predicted molar refractivity (Wildman–Crippen MR) is 66.3 cm³/mol. The van der Waals surface area contributed by atoms with Crippen molar-refractivity contribution < 1.29 is 9.32 Å². The summed E-state index contributed by atoms with van der Waals surface area (Å²) in [5.74, 6) is 1.21. The Balaban J connectivity index is 2.99. The van der Waals surface area contributed by atoms with Crippen LogP contribution >= 0.6 is 17.4 Å². The summed E-state index contributed by atoms with van der Waals surface area (Å²) in [6, 6.07) is -2.16. The first-order valence-corrected chi connectivity index (χ1v) is 9.71. The van der Waals surface area contributed by atoms with E-state index in [-0.39, 0.29) is 11.9 Å². The van der Waals surface area contributed by atoms with Crippen molar-refractivity contribution in [2.75, 3.05) is 24.2 Å². The van der Waals surface area contributed by atoms with Crippen LogP contribution in [0.15, 0.2) is 0 Å². The van der Waals surface area contributed by atoms with Crippen molar-refractivity contribution in [1.82, 2.24) is 0 Å². The molecule has 1 unspecified atom stereocenters. The summed E-state index contributed by atoms with van der Waals surface area (Å²) in [5.41, 5.74) is 0. The average molecular weight is 236 g/mol. The Bertz CT molecular complexity index is 238. The van der Waals surface area contributed by atoms with Gasteiger partial charge in [0.05, 0.1) is 0 Å². The van der Waals surface area contributed by atoms with Crippen LogP contribution in [0.5, 0.6) is 0 Å². The Morgan fingerprint density at radius 3 is 2.29 bits per heavy atom. The molecular weight excluding hydrogens is 215 g/mol. The van der Waals surface area contributed by atoms with Crippen molar-refractivity contribution in [2.24, 2.45) is 5.92 Å². The SMILES string of the molecule is CCSP1(CC)(CC)CC(C)C(=O)O1. The molecule has 1 saturated heterocycles. The van der Waals surface area contributed by atoms with Gasteiger partial charge in [-0.15, -0.1) is 0 Å². The molecule has 0 spiro atoms. The molecule has 1 aliphatic rings. The molecule has 1 aliphatic heterocycles. The molecule has 0 aromatic heterocycles. The summed E-state index contributed by atoms with van der Waals surface area (Å²) < 4.78 is 5.84. The molecule has 1 heterocycles.